The van der Waals surface area contributed by atoms with E-state index in [9.17, 15) is 14.4 Å². The average Bonchev–Trinajstić information content (AvgIpc) is 3.56. The maximum absolute atomic E-state index is 12.8. The normalized spacial score (nSPS) is 13.1. The number of nitrogens with zero attached hydrogens (tertiary/aromatic N) is 2. The molecule has 1 aliphatic rings. The van der Waals surface area contributed by atoms with Crippen molar-refractivity contribution in [1.29, 1.82) is 0 Å². The van der Waals surface area contributed by atoms with Gasteiger partial charge in [0.2, 0.25) is 11.8 Å². The van der Waals surface area contributed by atoms with Crippen molar-refractivity contribution in [3.63, 3.8) is 0 Å². The molecular weight excluding hydrogens is 380 g/mol. The Balaban J connectivity index is 1.64. The second-order valence-electron chi connectivity index (χ2n) is 7.86. The second kappa shape index (κ2) is 9.54. The molecule has 0 radical (unpaired) electrons. The van der Waals surface area contributed by atoms with E-state index in [1.807, 2.05) is 44.4 Å². The van der Waals surface area contributed by atoms with E-state index in [-0.39, 0.29) is 23.6 Å². The van der Waals surface area contributed by atoms with Crippen molar-refractivity contribution in [1.82, 2.24) is 10.2 Å². The van der Waals surface area contributed by atoms with Crippen molar-refractivity contribution in [2.24, 2.45) is 5.92 Å². The van der Waals surface area contributed by atoms with Gasteiger partial charge in [-0.05, 0) is 56.8 Å². The van der Waals surface area contributed by atoms with E-state index < -0.39 is 0 Å². The Kier molecular flexibility index (Phi) is 6.84. The molecule has 1 fully saturated rings. The van der Waals surface area contributed by atoms with Gasteiger partial charge in [0.05, 0.1) is 17.8 Å². The highest BCUT2D eigenvalue weighted by Gasteiger charge is 2.33. The molecule has 3 amide bonds. The Morgan fingerprint density at radius 1 is 1.00 bits per heavy atom. The van der Waals surface area contributed by atoms with Crippen LogP contribution in [0.15, 0.2) is 48.5 Å². The van der Waals surface area contributed by atoms with Gasteiger partial charge in [0.25, 0.3) is 5.91 Å². The first-order valence-corrected chi connectivity index (χ1v) is 10.0. The van der Waals surface area contributed by atoms with Crippen molar-refractivity contribution >= 4 is 29.1 Å². The van der Waals surface area contributed by atoms with Crippen LogP contribution in [0.4, 0.5) is 11.4 Å². The third-order valence-electron chi connectivity index (χ3n) is 4.89. The first-order valence-electron chi connectivity index (χ1n) is 10.0. The summed E-state index contributed by atoms with van der Waals surface area (Å²) in [5.74, 6) is -0.213. The van der Waals surface area contributed by atoms with E-state index in [0.29, 0.717) is 30.0 Å². The maximum Gasteiger partial charge on any atom is 0.253 e. The zero-order chi connectivity index (χ0) is 21.7. The van der Waals surface area contributed by atoms with Gasteiger partial charge in [-0.1, -0.05) is 24.3 Å². The van der Waals surface area contributed by atoms with Gasteiger partial charge in [-0.3, -0.25) is 14.4 Å². The van der Waals surface area contributed by atoms with Gasteiger partial charge in [-0.2, -0.15) is 0 Å². The first-order chi connectivity index (χ1) is 14.3. The summed E-state index contributed by atoms with van der Waals surface area (Å²) in [5.41, 5.74) is 2.62. The number of hydrogen-bond acceptors (Lipinski definition) is 4. The molecule has 0 unspecified atom stereocenters. The fourth-order valence-electron chi connectivity index (χ4n) is 3.21. The Morgan fingerprint density at radius 2 is 1.73 bits per heavy atom. The van der Waals surface area contributed by atoms with Crippen molar-refractivity contribution in [2.45, 2.75) is 19.4 Å². The Hall–Kier alpha value is -3.19. The predicted octanol–water partition coefficient (Wildman–Crippen LogP) is 2.49. The molecule has 3 rings (SSSR count). The van der Waals surface area contributed by atoms with Crippen LogP contribution in [-0.4, -0.2) is 50.3 Å². The molecule has 30 heavy (non-hydrogen) atoms. The molecule has 0 atom stereocenters. The molecule has 0 saturated heterocycles. The van der Waals surface area contributed by atoms with Gasteiger partial charge in [0.1, 0.15) is 0 Å². The van der Waals surface area contributed by atoms with E-state index in [2.05, 4.69) is 10.6 Å². The van der Waals surface area contributed by atoms with Crippen LogP contribution in [-0.2, 0) is 16.1 Å². The van der Waals surface area contributed by atoms with Crippen LogP contribution in [0.25, 0.3) is 0 Å². The molecule has 0 aliphatic heterocycles. The lowest BCUT2D eigenvalue weighted by Gasteiger charge is -2.20. The maximum atomic E-state index is 12.8. The lowest BCUT2D eigenvalue weighted by molar-refractivity contribution is -0.119. The molecule has 0 bridgehead atoms. The van der Waals surface area contributed by atoms with Gasteiger partial charge >= 0.3 is 0 Å². The van der Waals surface area contributed by atoms with Gasteiger partial charge in [-0.15, -0.1) is 0 Å². The lowest BCUT2D eigenvalue weighted by atomic mass is 10.1. The second-order valence-corrected chi connectivity index (χ2v) is 7.86. The summed E-state index contributed by atoms with van der Waals surface area (Å²) in [6.45, 7) is 0.607. The number of likely N-dealkylation sites (N-methyl/N-ethyl adjacent to an activating group) is 1. The van der Waals surface area contributed by atoms with Crippen LogP contribution in [0.3, 0.4) is 0 Å². The minimum Gasteiger partial charge on any atom is -0.348 e. The number of carbonyl (C=O) groups is 3. The monoisotopic (exact) mass is 408 g/mol. The summed E-state index contributed by atoms with van der Waals surface area (Å²) >= 11 is 0. The van der Waals surface area contributed by atoms with Gasteiger partial charge in [0.15, 0.2) is 0 Å². The highest BCUT2D eigenvalue weighted by molar-refractivity contribution is 6.05. The lowest BCUT2D eigenvalue weighted by Crippen LogP contribution is -2.31. The van der Waals surface area contributed by atoms with E-state index in [4.69, 9.17) is 0 Å². The van der Waals surface area contributed by atoms with Crippen LogP contribution in [0.5, 0.6) is 0 Å². The molecule has 2 aromatic carbocycles. The summed E-state index contributed by atoms with van der Waals surface area (Å²) in [6.07, 6.45) is 1.83. The molecule has 2 N–H and O–H groups in total. The number of amides is 3. The molecule has 0 spiro atoms. The zero-order valence-electron chi connectivity index (χ0n) is 17.6. The molecule has 158 valence electrons. The zero-order valence-corrected chi connectivity index (χ0v) is 17.6. The average molecular weight is 409 g/mol. The summed E-state index contributed by atoms with van der Waals surface area (Å²) < 4.78 is 0. The van der Waals surface area contributed by atoms with Crippen LogP contribution in [0.2, 0.25) is 0 Å². The number of nitrogens with one attached hydrogen (secondary N) is 2. The van der Waals surface area contributed by atoms with E-state index in [0.717, 1.165) is 18.4 Å². The highest BCUT2D eigenvalue weighted by Crippen LogP contribution is 2.33. The van der Waals surface area contributed by atoms with Crippen molar-refractivity contribution in [3.05, 3.63) is 59.7 Å². The molecule has 0 aromatic heterocycles. The third kappa shape index (κ3) is 5.67. The largest absolute Gasteiger partial charge is 0.348 e. The minimum atomic E-state index is -0.247. The predicted molar refractivity (Wildman–Crippen MR) is 117 cm³/mol. The molecule has 2 aromatic rings. The standard InChI is InChI=1S/C23H28N4O3/c1-26(2)15-21(28)25-18-8-6-7-16(13-18)14-24-22(29)19-9-4-5-10-20(19)27(3)23(30)17-11-12-17/h4-10,13,17H,11-12,14-15H2,1-3H3,(H,24,29)(H,25,28). The molecular formula is C23H28N4O3. The number of carbonyl (C=O) groups excluding carboxylic acids is 3. The van der Waals surface area contributed by atoms with E-state index >= 15 is 0 Å². The quantitative estimate of drug-likeness (QED) is 0.703. The molecule has 0 heterocycles. The summed E-state index contributed by atoms with van der Waals surface area (Å²) in [6, 6.07) is 14.5. The van der Waals surface area contributed by atoms with Crippen molar-refractivity contribution in [3.8, 4) is 0 Å². The Morgan fingerprint density at radius 3 is 2.43 bits per heavy atom. The smallest absolute Gasteiger partial charge is 0.253 e. The molecule has 1 aliphatic carbocycles. The van der Waals surface area contributed by atoms with Crippen LogP contribution in [0, 0.1) is 5.92 Å². The van der Waals surface area contributed by atoms with E-state index in [1.165, 1.54) is 0 Å². The van der Waals surface area contributed by atoms with Crippen LogP contribution in [0.1, 0.15) is 28.8 Å². The van der Waals surface area contributed by atoms with Gasteiger partial charge < -0.3 is 20.4 Å². The Labute approximate surface area is 177 Å². The number of rotatable bonds is 8. The Bertz CT molecular complexity index is 938. The topological polar surface area (TPSA) is 81.8 Å². The first kappa shape index (κ1) is 21.5. The number of anilines is 2. The van der Waals surface area contributed by atoms with Gasteiger partial charge in [-0.25, -0.2) is 0 Å². The number of para-hydroxylation sites is 1. The van der Waals surface area contributed by atoms with Crippen LogP contribution < -0.4 is 15.5 Å². The molecule has 7 heteroatoms. The highest BCUT2D eigenvalue weighted by atomic mass is 16.2. The number of benzene rings is 2. The SMILES string of the molecule is CN(C)CC(=O)Nc1cccc(CNC(=O)c2ccccc2N(C)C(=O)C2CC2)c1. The van der Waals surface area contributed by atoms with E-state index in [1.54, 1.807) is 35.0 Å². The van der Waals surface area contributed by atoms with Crippen LogP contribution >= 0.6 is 0 Å². The fraction of sp³-hybridized carbons (Fsp3) is 0.348. The summed E-state index contributed by atoms with van der Waals surface area (Å²) in [4.78, 5) is 40.5. The minimum absolute atomic E-state index is 0.0522. The number of hydrogen-bond donors (Lipinski definition) is 2. The third-order valence-corrected chi connectivity index (χ3v) is 4.89. The summed E-state index contributed by atoms with van der Waals surface area (Å²) in [7, 11) is 5.38. The van der Waals surface area contributed by atoms with Crippen molar-refractivity contribution in [2.75, 3.05) is 37.9 Å². The fourth-order valence-corrected chi connectivity index (χ4v) is 3.21. The molecule has 1 saturated carbocycles. The van der Waals surface area contributed by atoms with Crippen molar-refractivity contribution < 1.29 is 14.4 Å². The summed E-state index contributed by atoms with van der Waals surface area (Å²) in [5, 5.41) is 5.76. The molecule has 7 nitrogen and oxygen atoms in total. The van der Waals surface area contributed by atoms with Gasteiger partial charge in [0, 0.05) is 25.2 Å².